The number of alkyl halides is 1. The standard InChI is InChI=1S/C13H25IN2/c1-11(2,3)16-9-13(15-12(4,5)14)7-6-10(16)8-13/h10,15H,6-9H2,1-5H3. The van der Waals surface area contributed by atoms with Crippen LogP contribution in [0.4, 0.5) is 0 Å². The summed E-state index contributed by atoms with van der Waals surface area (Å²) in [5, 5.41) is 3.87. The molecule has 1 aliphatic carbocycles. The Morgan fingerprint density at radius 2 is 1.88 bits per heavy atom. The lowest BCUT2D eigenvalue weighted by molar-refractivity contribution is 0.0842. The fourth-order valence-corrected chi connectivity index (χ4v) is 4.10. The van der Waals surface area contributed by atoms with Crippen LogP contribution < -0.4 is 5.32 Å². The van der Waals surface area contributed by atoms with Crippen molar-refractivity contribution in [1.29, 1.82) is 0 Å². The molecular formula is C13H25IN2. The summed E-state index contributed by atoms with van der Waals surface area (Å²) in [5.41, 5.74) is 0.715. The van der Waals surface area contributed by atoms with Crippen molar-refractivity contribution in [2.75, 3.05) is 6.54 Å². The number of hydrogen-bond donors (Lipinski definition) is 1. The van der Waals surface area contributed by atoms with Gasteiger partial charge in [-0.1, -0.05) is 22.6 Å². The van der Waals surface area contributed by atoms with Crippen LogP contribution in [0.15, 0.2) is 0 Å². The average Bonchev–Trinajstić information content (AvgIpc) is 2.54. The summed E-state index contributed by atoms with van der Waals surface area (Å²) in [6, 6.07) is 0.811. The molecule has 2 bridgehead atoms. The summed E-state index contributed by atoms with van der Waals surface area (Å²) in [7, 11) is 0. The summed E-state index contributed by atoms with van der Waals surface area (Å²) in [5.74, 6) is 0. The maximum absolute atomic E-state index is 3.87. The predicted molar refractivity (Wildman–Crippen MR) is 78.1 cm³/mol. The predicted octanol–water partition coefficient (Wildman–Crippen LogP) is 3.15. The van der Waals surface area contributed by atoms with Gasteiger partial charge in [-0.25, -0.2) is 0 Å². The fourth-order valence-electron chi connectivity index (χ4n) is 3.53. The van der Waals surface area contributed by atoms with Crippen molar-refractivity contribution in [1.82, 2.24) is 10.2 Å². The zero-order valence-corrected chi connectivity index (χ0v) is 13.4. The minimum Gasteiger partial charge on any atom is -0.296 e. The first-order valence-electron chi connectivity index (χ1n) is 6.36. The Morgan fingerprint density at radius 3 is 2.31 bits per heavy atom. The van der Waals surface area contributed by atoms with Gasteiger partial charge in [0.2, 0.25) is 0 Å². The molecule has 94 valence electrons. The molecule has 0 radical (unpaired) electrons. The highest BCUT2D eigenvalue weighted by atomic mass is 127. The molecule has 2 rings (SSSR count). The molecule has 0 amide bonds. The van der Waals surface area contributed by atoms with Gasteiger partial charge in [-0.15, -0.1) is 0 Å². The van der Waals surface area contributed by atoms with Gasteiger partial charge >= 0.3 is 0 Å². The molecule has 3 heteroatoms. The Bertz CT molecular complexity index is 277. The van der Waals surface area contributed by atoms with Crippen LogP contribution in [0.3, 0.4) is 0 Å². The van der Waals surface area contributed by atoms with Crippen molar-refractivity contribution in [2.24, 2.45) is 0 Å². The zero-order valence-electron chi connectivity index (χ0n) is 11.2. The number of rotatable bonds is 2. The van der Waals surface area contributed by atoms with Gasteiger partial charge in [0.15, 0.2) is 0 Å². The van der Waals surface area contributed by atoms with Crippen molar-refractivity contribution in [3.05, 3.63) is 0 Å². The SMILES string of the molecule is CC(C)(I)NC12CCC(C1)N(C(C)(C)C)C2. The van der Waals surface area contributed by atoms with Crippen molar-refractivity contribution < 1.29 is 0 Å². The number of hydrogen-bond acceptors (Lipinski definition) is 2. The molecule has 0 spiro atoms. The molecule has 1 saturated heterocycles. The molecule has 2 fully saturated rings. The van der Waals surface area contributed by atoms with E-state index >= 15 is 0 Å². The number of nitrogens with one attached hydrogen (secondary N) is 1. The Kier molecular flexibility index (Phi) is 3.13. The van der Waals surface area contributed by atoms with Crippen molar-refractivity contribution in [3.8, 4) is 0 Å². The van der Waals surface area contributed by atoms with Gasteiger partial charge in [0.1, 0.15) is 0 Å². The van der Waals surface area contributed by atoms with E-state index in [0.717, 1.165) is 6.04 Å². The monoisotopic (exact) mass is 336 g/mol. The molecule has 0 aromatic heterocycles. The molecule has 2 atom stereocenters. The van der Waals surface area contributed by atoms with E-state index in [4.69, 9.17) is 0 Å². The average molecular weight is 336 g/mol. The van der Waals surface area contributed by atoms with Crippen LogP contribution in [0, 0.1) is 0 Å². The van der Waals surface area contributed by atoms with Crippen LogP contribution in [0.25, 0.3) is 0 Å². The number of piperidine rings is 1. The summed E-state index contributed by atoms with van der Waals surface area (Å²) in [6.45, 7) is 12.8. The van der Waals surface area contributed by atoms with Gasteiger partial charge in [-0.2, -0.15) is 0 Å². The van der Waals surface area contributed by atoms with Crippen LogP contribution >= 0.6 is 22.6 Å². The zero-order chi connectivity index (χ0) is 12.2. The number of nitrogens with zero attached hydrogens (tertiary/aromatic N) is 1. The highest BCUT2D eigenvalue weighted by Gasteiger charge is 2.53. The quantitative estimate of drug-likeness (QED) is 0.473. The third-order valence-corrected chi connectivity index (χ3v) is 4.19. The van der Waals surface area contributed by atoms with Crippen molar-refractivity contribution >= 4 is 22.6 Å². The second-order valence-corrected chi connectivity index (χ2v) is 9.77. The molecule has 16 heavy (non-hydrogen) atoms. The molecule has 0 aromatic carbocycles. The van der Waals surface area contributed by atoms with Crippen LogP contribution in [-0.4, -0.2) is 32.1 Å². The first kappa shape index (κ1) is 13.1. The van der Waals surface area contributed by atoms with Gasteiger partial charge in [0.05, 0.1) is 3.55 Å². The number of likely N-dealkylation sites (tertiary alicyclic amines) is 1. The summed E-state index contributed by atoms with van der Waals surface area (Å²) < 4.78 is 0.209. The second-order valence-electron chi connectivity index (χ2n) is 7.07. The molecule has 2 aliphatic rings. The Balaban J connectivity index is 2.11. The van der Waals surface area contributed by atoms with E-state index in [1.165, 1.54) is 25.8 Å². The molecule has 1 heterocycles. The number of halogens is 1. The van der Waals surface area contributed by atoms with Gasteiger partial charge in [-0.3, -0.25) is 10.2 Å². The maximum atomic E-state index is 3.87. The van der Waals surface area contributed by atoms with Crippen LogP contribution in [0.5, 0.6) is 0 Å². The third kappa shape index (κ3) is 2.56. The van der Waals surface area contributed by atoms with E-state index in [9.17, 15) is 0 Å². The normalized spacial score (nSPS) is 36.0. The van der Waals surface area contributed by atoms with Gasteiger partial charge in [-0.05, 0) is 53.9 Å². The van der Waals surface area contributed by atoms with Crippen molar-refractivity contribution in [3.63, 3.8) is 0 Å². The van der Waals surface area contributed by atoms with Gasteiger partial charge in [0, 0.05) is 23.7 Å². The first-order chi connectivity index (χ1) is 7.11. The van der Waals surface area contributed by atoms with Gasteiger partial charge < -0.3 is 0 Å². The van der Waals surface area contributed by atoms with Crippen molar-refractivity contribution in [2.45, 2.75) is 74.5 Å². The lowest BCUT2D eigenvalue weighted by Gasteiger charge is -2.43. The van der Waals surface area contributed by atoms with E-state index in [1.807, 2.05) is 0 Å². The van der Waals surface area contributed by atoms with E-state index in [1.54, 1.807) is 0 Å². The molecule has 2 nitrogen and oxygen atoms in total. The highest BCUT2D eigenvalue weighted by molar-refractivity contribution is 14.1. The fraction of sp³-hybridized carbons (Fsp3) is 1.00. The highest BCUT2D eigenvalue weighted by Crippen LogP contribution is 2.45. The molecule has 1 N–H and O–H groups in total. The summed E-state index contributed by atoms with van der Waals surface area (Å²) in [4.78, 5) is 2.70. The Morgan fingerprint density at radius 1 is 1.25 bits per heavy atom. The first-order valence-corrected chi connectivity index (χ1v) is 7.44. The molecular weight excluding hydrogens is 311 g/mol. The van der Waals surface area contributed by atoms with Crippen LogP contribution in [0.1, 0.15) is 53.9 Å². The van der Waals surface area contributed by atoms with E-state index in [2.05, 4.69) is 67.4 Å². The minimum absolute atomic E-state index is 0.209. The Hall–Kier alpha value is 0.650. The van der Waals surface area contributed by atoms with E-state index in [0.29, 0.717) is 11.1 Å². The molecule has 1 aliphatic heterocycles. The van der Waals surface area contributed by atoms with Crippen LogP contribution in [-0.2, 0) is 0 Å². The van der Waals surface area contributed by atoms with E-state index in [-0.39, 0.29) is 3.55 Å². The summed E-state index contributed by atoms with van der Waals surface area (Å²) in [6.07, 6.45) is 4.07. The molecule has 2 unspecified atom stereocenters. The molecule has 0 aromatic rings. The lowest BCUT2D eigenvalue weighted by atomic mass is 9.95. The topological polar surface area (TPSA) is 15.3 Å². The second kappa shape index (κ2) is 3.82. The Labute approximate surface area is 114 Å². The van der Waals surface area contributed by atoms with Crippen LogP contribution in [0.2, 0.25) is 0 Å². The minimum atomic E-state index is 0.209. The van der Waals surface area contributed by atoms with Gasteiger partial charge in [0.25, 0.3) is 0 Å². The summed E-state index contributed by atoms with van der Waals surface area (Å²) >= 11 is 2.52. The maximum Gasteiger partial charge on any atom is 0.0653 e. The number of fused-ring (bicyclic) bond motifs is 2. The third-order valence-electron chi connectivity index (χ3n) is 3.92. The smallest absolute Gasteiger partial charge is 0.0653 e. The molecule has 1 saturated carbocycles. The largest absolute Gasteiger partial charge is 0.296 e. The lowest BCUT2D eigenvalue weighted by Crippen LogP contribution is -2.57. The van der Waals surface area contributed by atoms with E-state index < -0.39 is 0 Å².